The number of benzene rings is 2. The highest BCUT2D eigenvalue weighted by Crippen LogP contribution is 2.44. The van der Waals surface area contributed by atoms with E-state index in [-0.39, 0.29) is 31.7 Å². The second-order valence-electron chi connectivity index (χ2n) is 9.63. The number of carboxylic acid groups (broad SMARTS) is 1. The fourth-order valence-electron chi connectivity index (χ4n) is 4.87. The van der Waals surface area contributed by atoms with Crippen LogP contribution in [-0.2, 0) is 19.1 Å². The molecular formula is C27H32N2O6. The first-order chi connectivity index (χ1) is 16.8. The predicted octanol–water partition coefficient (Wildman–Crippen LogP) is 3.55. The molecule has 0 aromatic heterocycles. The molecule has 1 saturated heterocycles. The van der Waals surface area contributed by atoms with Crippen LogP contribution < -0.4 is 10.6 Å². The Hall–Kier alpha value is -3.39. The maximum atomic E-state index is 13.1. The van der Waals surface area contributed by atoms with Gasteiger partial charge in [0.25, 0.3) is 0 Å². The molecule has 4 rings (SSSR count). The Kier molecular flexibility index (Phi) is 7.12. The van der Waals surface area contributed by atoms with Crippen LogP contribution >= 0.6 is 0 Å². The van der Waals surface area contributed by atoms with Crippen molar-refractivity contribution in [1.82, 2.24) is 10.6 Å². The van der Waals surface area contributed by atoms with Crippen molar-refractivity contribution in [1.29, 1.82) is 0 Å². The Labute approximate surface area is 205 Å². The third-order valence-electron chi connectivity index (χ3n) is 7.38. The van der Waals surface area contributed by atoms with Gasteiger partial charge in [0.15, 0.2) is 0 Å². The zero-order chi connectivity index (χ0) is 25.2. The number of carbonyl (C=O) groups excluding carboxylic acids is 2. The van der Waals surface area contributed by atoms with E-state index < -0.39 is 35.5 Å². The Balaban J connectivity index is 1.41. The number of fused-ring (bicyclic) bond motifs is 3. The second-order valence-corrected chi connectivity index (χ2v) is 9.63. The predicted molar refractivity (Wildman–Crippen MR) is 130 cm³/mol. The summed E-state index contributed by atoms with van der Waals surface area (Å²) < 4.78 is 11.1. The lowest BCUT2D eigenvalue weighted by Crippen LogP contribution is -2.57. The monoisotopic (exact) mass is 480 g/mol. The Morgan fingerprint density at radius 2 is 1.71 bits per heavy atom. The van der Waals surface area contributed by atoms with Gasteiger partial charge < -0.3 is 25.2 Å². The van der Waals surface area contributed by atoms with E-state index in [2.05, 4.69) is 22.8 Å². The third kappa shape index (κ3) is 4.75. The summed E-state index contributed by atoms with van der Waals surface area (Å²) in [6.07, 6.45) is -0.0376. The molecule has 4 atom stereocenters. The first-order valence-electron chi connectivity index (χ1n) is 12.0. The van der Waals surface area contributed by atoms with Gasteiger partial charge in [0, 0.05) is 5.92 Å². The van der Waals surface area contributed by atoms with Gasteiger partial charge in [-0.3, -0.25) is 4.79 Å². The van der Waals surface area contributed by atoms with Gasteiger partial charge in [-0.15, -0.1) is 0 Å². The molecule has 1 aliphatic carbocycles. The molecule has 2 aliphatic rings. The van der Waals surface area contributed by atoms with E-state index in [1.54, 1.807) is 13.8 Å². The van der Waals surface area contributed by atoms with E-state index in [1.165, 1.54) is 0 Å². The van der Waals surface area contributed by atoms with Crippen molar-refractivity contribution >= 4 is 18.0 Å². The summed E-state index contributed by atoms with van der Waals surface area (Å²) in [6.45, 7) is 5.67. The number of carboxylic acids is 1. The number of rotatable bonds is 8. The van der Waals surface area contributed by atoms with E-state index in [0.29, 0.717) is 6.42 Å². The maximum absolute atomic E-state index is 13.1. The molecular weight excluding hydrogens is 448 g/mol. The van der Waals surface area contributed by atoms with Gasteiger partial charge >= 0.3 is 12.1 Å². The average Bonchev–Trinajstić information content (AvgIpc) is 3.38. The van der Waals surface area contributed by atoms with Crippen LogP contribution in [0.4, 0.5) is 4.79 Å². The molecule has 1 fully saturated rings. The summed E-state index contributed by atoms with van der Waals surface area (Å²) in [6, 6.07) is 14.5. The maximum Gasteiger partial charge on any atom is 0.407 e. The number of nitrogens with one attached hydrogen (secondary N) is 2. The van der Waals surface area contributed by atoms with E-state index in [9.17, 15) is 19.5 Å². The van der Waals surface area contributed by atoms with Gasteiger partial charge in [0.2, 0.25) is 5.91 Å². The zero-order valence-corrected chi connectivity index (χ0v) is 20.2. The molecule has 3 unspecified atom stereocenters. The fourth-order valence-corrected chi connectivity index (χ4v) is 4.87. The highest BCUT2D eigenvalue weighted by molar-refractivity contribution is 5.89. The summed E-state index contributed by atoms with van der Waals surface area (Å²) >= 11 is 0. The molecule has 8 nitrogen and oxygen atoms in total. The highest BCUT2D eigenvalue weighted by Gasteiger charge is 2.48. The van der Waals surface area contributed by atoms with Gasteiger partial charge in [0.1, 0.15) is 12.6 Å². The van der Waals surface area contributed by atoms with Crippen LogP contribution in [0, 0.1) is 11.3 Å². The minimum absolute atomic E-state index is 0.0694. The number of alkyl carbamates (subject to hydrolysis) is 1. The summed E-state index contributed by atoms with van der Waals surface area (Å²) in [7, 11) is 0. The van der Waals surface area contributed by atoms with Crippen molar-refractivity contribution in [3.05, 3.63) is 59.7 Å². The molecule has 0 radical (unpaired) electrons. The van der Waals surface area contributed by atoms with Crippen molar-refractivity contribution in [3.8, 4) is 11.1 Å². The van der Waals surface area contributed by atoms with Gasteiger partial charge in [-0.05, 0) is 35.1 Å². The van der Waals surface area contributed by atoms with Crippen LogP contribution in [0.25, 0.3) is 11.1 Å². The third-order valence-corrected chi connectivity index (χ3v) is 7.38. The molecule has 35 heavy (non-hydrogen) atoms. The lowest BCUT2D eigenvalue weighted by molar-refractivity contribution is -0.145. The van der Waals surface area contributed by atoms with E-state index in [0.717, 1.165) is 22.3 Å². The minimum Gasteiger partial charge on any atom is -0.480 e. The van der Waals surface area contributed by atoms with Crippen molar-refractivity contribution in [2.75, 3.05) is 19.8 Å². The molecule has 1 heterocycles. The summed E-state index contributed by atoms with van der Waals surface area (Å²) in [5, 5.41) is 15.0. The smallest absolute Gasteiger partial charge is 0.407 e. The van der Waals surface area contributed by atoms with Crippen LogP contribution in [-0.4, -0.2) is 55.0 Å². The fraction of sp³-hybridized carbons (Fsp3) is 0.444. The molecule has 0 spiro atoms. The van der Waals surface area contributed by atoms with Crippen LogP contribution in [0.15, 0.2) is 48.5 Å². The lowest BCUT2D eigenvalue weighted by Gasteiger charge is -2.31. The van der Waals surface area contributed by atoms with Gasteiger partial charge in [0.05, 0.1) is 24.7 Å². The summed E-state index contributed by atoms with van der Waals surface area (Å²) in [4.78, 5) is 37.5. The molecule has 2 amide bonds. The van der Waals surface area contributed by atoms with Crippen LogP contribution in [0.2, 0.25) is 0 Å². The van der Waals surface area contributed by atoms with Gasteiger partial charge in [-0.25, -0.2) is 9.59 Å². The molecule has 2 aromatic rings. The first kappa shape index (κ1) is 24.7. The molecule has 8 heteroatoms. The number of aliphatic carboxylic acids is 1. The highest BCUT2D eigenvalue weighted by atomic mass is 16.5. The normalized spacial score (nSPS) is 22.5. The van der Waals surface area contributed by atoms with E-state index in [4.69, 9.17) is 9.47 Å². The Morgan fingerprint density at radius 3 is 2.29 bits per heavy atom. The van der Waals surface area contributed by atoms with Gasteiger partial charge in [-0.2, -0.15) is 0 Å². The summed E-state index contributed by atoms with van der Waals surface area (Å²) in [5.74, 6) is -1.87. The SMILES string of the molecule is CCC(C)[C@H](NC(=O)C1(C)COCC1NC(=O)OCC1c2ccccc2-c2ccccc21)C(=O)O. The number of ether oxygens (including phenoxy) is 2. The Bertz CT molecular complexity index is 1070. The van der Waals surface area contributed by atoms with E-state index in [1.807, 2.05) is 43.3 Å². The quantitative estimate of drug-likeness (QED) is 0.533. The lowest BCUT2D eigenvalue weighted by atomic mass is 9.83. The van der Waals surface area contributed by atoms with Crippen LogP contribution in [0.3, 0.4) is 0 Å². The van der Waals surface area contributed by atoms with Crippen molar-refractivity contribution < 1.29 is 29.0 Å². The number of carbonyl (C=O) groups is 3. The summed E-state index contributed by atoms with van der Waals surface area (Å²) in [5.41, 5.74) is 3.38. The van der Waals surface area contributed by atoms with Crippen LogP contribution in [0.5, 0.6) is 0 Å². The molecule has 1 aliphatic heterocycles. The van der Waals surface area contributed by atoms with Crippen LogP contribution in [0.1, 0.15) is 44.2 Å². The largest absolute Gasteiger partial charge is 0.480 e. The Morgan fingerprint density at radius 1 is 1.11 bits per heavy atom. The second kappa shape index (κ2) is 10.1. The number of hydrogen-bond acceptors (Lipinski definition) is 5. The number of hydrogen-bond donors (Lipinski definition) is 3. The zero-order valence-electron chi connectivity index (χ0n) is 20.2. The minimum atomic E-state index is -1.12. The van der Waals surface area contributed by atoms with Crippen molar-refractivity contribution in [2.45, 2.75) is 45.2 Å². The first-order valence-corrected chi connectivity index (χ1v) is 12.0. The molecule has 186 valence electrons. The van der Waals surface area contributed by atoms with Crippen molar-refractivity contribution in [3.63, 3.8) is 0 Å². The molecule has 0 saturated carbocycles. The molecule has 2 aromatic carbocycles. The topological polar surface area (TPSA) is 114 Å². The molecule has 0 bridgehead atoms. The molecule has 3 N–H and O–H groups in total. The van der Waals surface area contributed by atoms with Gasteiger partial charge in [-0.1, -0.05) is 68.8 Å². The number of amides is 2. The average molecular weight is 481 g/mol. The van der Waals surface area contributed by atoms with E-state index >= 15 is 0 Å². The van der Waals surface area contributed by atoms with Crippen molar-refractivity contribution in [2.24, 2.45) is 11.3 Å². The standard InChI is InChI=1S/C27H32N2O6/c1-4-16(2)23(24(30)31)29-25(32)27(3)15-34-14-22(27)28-26(33)35-13-21-19-11-7-5-9-17(19)18-10-6-8-12-20(18)21/h5-12,16,21-23H,4,13-15H2,1-3H3,(H,28,33)(H,29,32)(H,30,31)/t16?,22?,23-,27?/m0/s1.